The lowest BCUT2D eigenvalue weighted by molar-refractivity contribution is -0.118. The van der Waals surface area contributed by atoms with E-state index in [0.29, 0.717) is 11.6 Å². The number of anilines is 2. The minimum Gasteiger partial charge on any atom is -0.375 e. The van der Waals surface area contributed by atoms with Crippen molar-refractivity contribution in [2.24, 2.45) is 0 Å². The third-order valence-electron chi connectivity index (χ3n) is 3.63. The number of hydrogen-bond acceptors (Lipinski definition) is 4. The molecule has 0 atom stereocenters. The summed E-state index contributed by atoms with van der Waals surface area (Å²) in [5, 5.41) is 2.52. The highest BCUT2D eigenvalue weighted by Crippen LogP contribution is 2.33. The molecule has 3 rings (SSSR count). The molecule has 5 heteroatoms. The number of rotatable bonds is 2. The van der Waals surface area contributed by atoms with Crippen LogP contribution < -0.4 is 10.6 Å². The fraction of sp³-hybridized carbons (Fsp3) is 0.333. The van der Waals surface area contributed by atoms with Gasteiger partial charge in [-0.2, -0.15) is 0 Å². The Bertz CT molecular complexity index is 650. The van der Waals surface area contributed by atoms with Gasteiger partial charge in [-0.15, -0.1) is 11.3 Å². The van der Waals surface area contributed by atoms with Crippen molar-refractivity contribution in [3.8, 4) is 11.3 Å². The van der Waals surface area contributed by atoms with E-state index < -0.39 is 0 Å². The number of aromatic nitrogens is 1. The van der Waals surface area contributed by atoms with E-state index >= 15 is 0 Å². The first kappa shape index (κ1) is 13.1. The Morgan fingerprint density at radius 1 is 1.50 bits per heavy atom. The Hall–Kier alpha value is -1.88. The van der Waals surface area contributed by atoms with Gasteiger partial charge in [-0.05, 0) is 24.5 Å². The van der Waals surface area contributed by atoms with Gasteiger partial charge in [0.25, 0.3) is 0 Å². The number of aryl methyl sites for hydroxylation is 1. The Morgan fingerprint density at radius 2 is 2.35 bits per heavy atom. The second kappa shape index (κ2) is 5.25. The third-order valence-corrected chi connectivity index (χ3v) is 4.30. The summed E-state index contributed by atoms with van der Waals surface area (Å²) in [5.41, 5.74) is 9.87. The largest absolute Gasteiger partial charge is 0.375 e. The molecule has 0 bridgehead atoms. The SMILES string of the molecule is CCC(=O)N1CCCc2ccc(-c3csc(N)n3)cc21. The summed E-state index contributed by atoms with van der Waals surface area (Å²) in [7, 11) is 0. The predicted molar refractivity (Wildman–Crippen MR) is 82.9 cm³/mol. The number of fused-ring (bicyclic) bond motifs is 1. The number of amides is 1. The highest BCUT2D eigenvalue weighted by atomic mass is 32.1. The molecule has 0 spiro atoms. The van der Waals surface area contributed by atoms with Crippen LogP contribution in [0.1, 0.15) is 25.3 Å². The molecule has 0 fully saturated rings. The van der Waals surface area contributed by atoms with E-state index in [1.807, 2.05) is 17.2 Å². The van der Waals surface area contributed by atoms with Crippen molar-refractivity contribution in [3.05, 3.63) is 29.1 Å². The third kappa shape index (κ3) is 2.29. The summed E-state index contributed by atoms with van der Waals surface area (Å²) in [6.07, 6.45) is 2.59. The molecule has 104 valence electrons. The maximum atomic E-state index is 12.1. The van der Waals surface area contributed by atoms with Crippen molar-refractivity contribution in [1.82, 2.24) is 4.98 Å². The lowest BCUT2D eigenvalue weighted by atomic mass is 9.98. The Kier molecular flexibility index (Phi) is 3.44. The normalized spacial score (nSPS) is 14.2. The minimum absolute atomic E-state index is 0.181. The maximum absolute atomic E-state index is 12.1. The van der Waals surface area contributed by atoms with Crippen molar-refractivity contribution in [2.45, 2.75) is 26.2 Å². The second-order valence-corrected chi connectivity index (χ2v) is 5.81. The van der Waals surface area contributed by atoms with Gasteiger partial charge < -0.3 is 10.6 Å². The van der Waals surface area contributed by atoms with E-state index in [-0.39, 0.29) is 5.91 Å². The van der Waals surface area contributed by atoms with Crippen LogP contribution in [-0.4, -0.2) is 17.4 Å². The summed E-state index contributed by atoms with van der Waals surface area (Å²) < 4.78 is 0. The van der Waals surface area contributed by atoms with Crippen LogP contribution in [0.15, 0.2) is 23.6 Å². The van der Waals surface area contributed by atoms with Crippen molar-refractivity contribution in [1.29, 1.82) is 0 Å². The van der Waals surface area contributed by atoms with Crippen LogP contribution >= 0.6 is 11.3 Å². The Balaban J connectivity index is 2.03. The average Bonchev–Trinajstić information content (AvgIpc) is 2.92. The number of thiazole rings is 1. The lowest BCUT2D eigenvalue weighted by Crippen LogP contribution is -2.34. The highest BCUT2D eigenvalue weighted by Gasteiger charge is 2.22. The average molecular weight is 287 g/mol. The summed E-state index contributed by atoms with van der Waals surface area (Å²) in [5.74, 6) is 0.181. The van der Waals surface area contributed by atoms with Crippen LogP contribution in [0.4, 0.5) is 10.8 Å². The van der Waals surface area contributed by atoms with Gasteiger partial charge in [0.1, 0.15) is 0 Å². The number of benzene rings is 1. The van der Waals surface area contributed by atoms with Crippen molar-refractivity contribution in [3.63, 3.8) is 0 Å². The van der Waals surface area contributed by atoms with E-state index in [1.54, 1.807) is 0 Å². The molecule has 1 amide bonds. The number of carbonyl (C=O) groups is 1. The summed E-state index contributed by atoms with van der Waals surface area (Å²) in [4.78, 5) is 18.3. The summed E-state index contributed by atoms with van der Waals surface area (Å²) in [6, 6.07) is 6.24. The van der Waals surface area contributed by atoms with Gasteiger partial charge in [0.15, 0.2) is 5.13 Å². The van der Waals surface area contributed by atoms with E-state index in [9.17, 15) is 4.79 Å². The molecule has 2 N–H and O–H groups in total. The Labute approximate surface area is 122 Å². The molecule has 1 aliphatic heterocycles. The fourth-order valence-corrected chi connectivity index (χ4v) is 3.18. The molecule has 2 heterocycles. The van der Waals surface area contributed by atoms with Crippen LogP contribution in [0.5, 0.6) is 0 Å². The van der Waals surface area contributed by atoms with E-state index in [2.05, 4.69) is 23.2 Å². The van der Waals surface area contributed by atoms with Gasteiger partial charge in [-0.1, -0.05) is 19.1 Å². The zero-order valence-corrected chi connectivity index (χ0v) is 12.2. The van der Waals surface area contributed by atoms with Gasteiger partial charge in [-0.25, -0.2) is 4.98 Å². The Morgan fingerprint density at radius 3 is 3.05 bits per heavy atom. The van der Waals surface area contributed by atoms with Gasteiger partial charge in [0, 0.05) is 29.6 Å². The molecule has 1 aliphatic rings. The minimum atomic E-state index is 0.181. The molecule has 1 aromatic carbocycles. The smallest absolute Gasteiger partial charge is 0.226 e. The molecule has 0 unspecified atom stereocenters. The highest BCUT2D eigenvalue weighted by molar-refractivity contribution is 7.13. The predicted octanol–water partition coefficient (Wildman–Crippen LogP) is 3.08. The van der Waals surface area contributed by atoms with Gasteiger partial charge >= 0.3 is 0 Å². The van der Waals surface area contributed by atoms with E-state index in [0.717, 1.165) is 36.3 Å². The molecule has 4 nitrogen and oxygen atoms in total. The number of hydrogen-bond donors (Lipinski definition) is 1. The zero-order valence-electron chi connectivity index (χ0n) is 11.4. The van der Waals surface area contributed by atoms with Crippen LogP contribution in [0.25, 0.3) is 11.3 Å². The quantitative estimate of drug-likeness (QED) is 0.923. The van der Waals surface area contributed by atoms with Crippen LogP contribution in [0, 0.1) is 0 Å². The number of nitrogen functional groups attached to an aromatic ring is 1. The van der Waals surface area contributed by atoms with E-state index in [4.69, 9.17) is 5.73 Å². The van der Waals surface area contributed by atoms with Crippen LogP contribution in [-0.2, 0) is 11.2 Å². The molecule has 2 aromatic rings. The fourth-order valence-electron chi connectivity index (χ4n) is 2.60. The monoisotopic (exact) mass is 287 g/mol. The first-order valence-corrected chi connectivity index (χ1v) is 7.71. The maximum Gasteiger partial charge on any atom is 0.226 e. The number of nitrogens with zero attached hydrogens (tertiary/aromatic N) is 2. The van der Waals surface area contributed by atoms with Gasteiger partial charge in [-0.3, -0.25) is 4.79 Å². The second-order valence-electron chi connectivity index (χ2n) is 4.92. The molecule has 0 aliphatic carbocycles. The topological polar surface area (TPSA) is 59.2 Å². The zero-order chi connectivity index (χ0) is 14.1. The molecular weight excluding hydrogens is 270 g/mol. The summed E-state index contributed by atoms with van der Waals surface area (Å²) >= 11 is 1.43. The van der Waals surface area contributed by atoms with Crippen molar-refractivity contribution >= 4 is 28.1 Å². The molecule has 20 heavy (non-hydrogen) atoms. The van der Waals surface area contributed by atoms with Crippen LogP contribution in [0.2, 0.25) is 0 Å². The standard InChI is InChI=1S/C15H17N3OS/c1-2-14(19)18-7-3-4-10-5-6-11(8-13(10)18)12-9-20-15(16)17-12/h5-6,8-9H,2-4,7H2,1H3,(H2,16,17). The van der Waals surface area contributed by atoms with E-state index in [1.165, 1.54) is 16.9 Å². The first-order chi connectivity index (χ1) is 9.69. The molecule has 0 radical (unpaired) electrons. The summed E-state index contributed by atoms with van der Waals surface area (Å²) in [6.45, 7) is 2.71. The van der Waals surface area contributed by atoms with Gasteiger partial charge in [0.2, 0.25) is 5.91 Å². The van der Waals surface area contributed by atoms with Gasteiger partial charge in [0.05, 0.1) is 5.69 Å². The molecule has 0 saturated heterocycles. The number of nitrogens with two attached hydrogens (primary N) is 1. The first-order valence-electron chi connectivity index (χ1n) is 6.83. The molecule has 0 saturated carbocycles. The van der Waals surface area contributed by atoms with Crippen molar-refractivity contribution in [2.75, 3.05) is 17.2 Å². The van der Waals surface area contributed by atoms with Crippen LogP contribution in [0.3, 0.4) is 0 Å². The lowest BCUT2D eigenvalue weighted by Gasteiger charge is -2.29. The molecule has 1 aromatic heterocycles. The number of carbonyl (C=O) groups excluding carboxylic acids is 1. The van der Waals surface area contributed by atoms with Crippen molar-refractivity contribution < 1.29 is 4.79 Å². The molecular formula is C15H17N3OS.